The van der Waals surface area contributed by atoms with Crippen LogP contribution in [0.25, 0.3) is 0 Å². The van der Waals surface area contributed by atoms with Crippen LogP contribution in [-0.4, -0.2) is 44.7 Å². The van der Waals surface area contributed by atoms with E-state index in [1.54, 1.807) is 12.1 Å². The summed E-state index contributed by atoms with van der Waals surface area (Å²) in [7, 11) is 0. The molecule has 5 nitrogen and oxygen atoms in total. The number of rotatable bonds is 7. The van der Waals surface area contributed by atoms with Crippen molar-refractivity contribution in [3.05, 3.63) is 35.6 Å². The van der Waals surface area contributed by atoms with Crippen LogP contribution in [0, 0.1) is 11.7 Å². The topological polar surface area (TPSA) is 59.8 Å². The second-order valence-electron chi connectivity index (χ2n) is 6.18. The highest BCUT2D eigenvalue weighted by molar-refractivity contribution is 5.76. The van der Waals surface area contributed by atoms with Gasteiger partial charge in [-0.25, -0.2) is 4.39 Å². The second-order valence-corrected chi connectivity index (χ2v) is 6.18. The summed E-state index contributed by atoms with van der Waals surface area (Å²) in [6.45, 7) is 4.84. The van der Waals surface area contributed by atoms with Crippen LogP contribution in [0.2, 0.25) is 0 Å². The van der Waals surface area contributed by atoms with Gasteiger partial charge in [0.1, 0.15) is 5.82 Å². The Hall–Kier alpha value is -1.95. The zero-order valence-corrected chi connectivity index (χ0v) is 14.1. The van der Waals surface area contributed by atoms with Crippen LogP contribution in [0.4, 0.5) is 4.39 Å². The molecule has 0 aromatic heterocycles. The maximum Gasteiger partial charge on any atom is 0.309 e. The lowest BCUT2D eigenvalue weighted by molar-refractivity contribution is -0.897. The quantitative estimate of drug-likeness (QED) is 0.706. The molecule has 2 N–H and O–H groups in total. The highest BCUT2D eigenvalue weighted by Gasteiger charge is 2.29. The molecule has 0 saturated carbocycles. The van der Waals surface area contributed by atoms with Gasteiger partial charge in [0.15, 0.2) is 6.54 Å². The van der Waals surface area contributed by atoms with E-state index in [9.17, 15) is 14.0 Å². The van der Waals surface area contributed by atoms with Gasteiger partial charge in [0.05, 0.1) is 25.6 Å². The SMILES string of the molecule is CCOC(=O)C1CC[NH+](CC(=O)NCCc2ccc(F)cc2)CC1. The Kier molecular flexibility index (Phi) is 7.18. The third-order valence-electron chi connectivity index (χ3n) is 4.37. The van der Waals surface area contributed by atoms with Crippen molar-refractivity contribution in [3.63, 3.8) is 0 Å². The molecule has 1 heterocycles. The summed E-state index contributed by atoms with van der Waals surface area (Å²) in [5.74, 6) is -0.366. The molecule has 24 heavy (non-hydrogen) atoms. The number of halogens is 1. The zero-order valence-electron chi connectivity index (χ0n) is 14.1. The van der Waals surface area contributed by atoms with Gasteiger partial charge in [-0.05, 0) is 31.0 Å². The van der Waals surface area contributed by atoms with Crippen LogP contribution in [-0.2, 0) is 20.7 Å². The monoisotopic (exact) mass is 337 g/mol. The average Bonchev–Trinajstić information content (AvgIpc) is 2.57. The number of hydrogen-bond acceptors (Lipinski definition) is 3. The van der Waals surface area contributed by atoms with E-state index in [-0.39, 0.29) is 23.6 Å². The summed E-state index contributed by atoms with van der Waals surface area (Å²) in [6.07, 6.45) is 2.24. The highest BCUT2D eigenvalue weighted by atomic mass is 19.1. The van der Waals surface area contributed by atoms with Crippen molar-refractivity contribution in [2.24, 2.45) is 5.92 Å². The number of piperidine rings is 1. The second kappa shape index (κ2) is 9.37. The number of benzene rings is 1. The number of ether oxygens (including phenoxy) is 1. The molecule has 2 rings (SSSR count). The maximum atomic E-state index is 12.8. The molecular formula is C18H26FN2O3+. The van der Waals surface area contributed by atoms with E-state index in [0.717, 1.165) is 31.5 Å². The van der Waals surface area contributed by atoms with E-state index in [1.165, 1.54) is 17.0 Å². The highest BCUT2D eigenvalue weighted by Crippen LogP contribution is 2.11. The minimum atomic E-state index is -0.252. The Morgan fingerprint density at radius 2 is 1.92 bits per heavy atom. The Morgan fingerprint density at radius 1 is 1.25 bits per heavy atom. The van der Waals surface area contributed by atoms with Crippen molar-refractivity contribution < 1.29 is 23.6 Å². The van der Waals surface area contributed by atoms with E-state index in [1.807, 2.05) is 6.92 Å². The molecule has 1 saturated heterocycles. The lowest BCUT2D eigenvalue weighted by Crippen LogP contribution is -3.14. The fraction of sp³-hybridized carbons (Fsp3) is 0.556. The third-order valence-corrected chi connectivity index (χ3v) is 4.37. The molecule has 1 aliphatic rings. The molecule has 0 radical (unpaired) electrons. The normalized spacial score (nSPS) is 20.4. The molecule has 0 spiro atoms. The summed E-state index contributed by atoms with van der Waals surface area (Å²) < 4.78 is 17.9. The van der Waals surface area contributed by atoms with Crippen LogP contribution in [0.1, 0.15) is 25.3 Å². The van der Waals surface area contributed by atoms with Crippen LogP contribution < -0.4 is 10.2 Å². The lowest BCUT2D eigenvalue weighted by Gasteiger charge is -2.27. The average molecular weight is 337 g/mol. The van der Waals surface area contributed by atoms with Crippen molar-refractivity contribution >= 4 is 11.9 Å². The van der Waals surface area contributed by atoms with Crippen molar-refractivity contribution in [1.82, 2.24) is 5.32 Å². The number of quaternary nitrogens is 1. The van der Waals surface area contributed by atoms with E-state index in [4.69, 9.17) is 4.74 Å². The molecule has 0 unspecified atom stereocenters. The predicted molar refractivity (Wildman–Crippen MR) is 88.0 cm³/mol. The predicted octanol–water partition coefficient (Wildman–Crippen LogP) is 0.342. The van der Waals surface area contributed by atoms with Crippen LogP contribution in [0.5, 0.6) is 0 Å². The van der Waals surface area contributed by atoms with Crippen molar-refractivity contribution in [1.29, 1.82) is 0 Å². The van der Waals surface area contributed by atoms with E-state index in [2.05, 4.69) is 5.32 Å². The maximum absolute atomic E-state index is 12.8. The van der Waals surface area contributed by atoms with Crippen molar-refractivity contribution in [2.45, 2.75) is 26.2 Å². The molecular weight excluding hydrogens is 311 g/mol. The fourth-order valence-electron chi connectivity index (χ4n) is 2.99. The first kappa shape index (κ1) is 18.4. The Labute approximate surface area is 142 Å². The molecule has 1 aliphatic heterocycles. The van der Waals surface area contributed by atoms with Gasteiger partial charge in [-0.1, -0.05) is 12.1 Å². The van der Waals surface area contributed by atoms with Crippen LogP contribution >= 0.6 is 0 Å². The number of nitrogens with one attached hydrogen (secondary N) is 2. The first-order valence-corrected chi connectivity index (χ1v) is 8.59. The summed E-state index contributed by atoms with van der Waals surface area (Å²) in [6, 6.07) is 6.31. The summed E-state index contributed by atoms with van der Waals surface area (Å²) >= 11 is 0. The van der Waals surface area contributed by atoms with Gasteiger partial charge in [0.25, 0.3) is 5.91 Å². The van der Waals surface area contributed by atoms with E-state index >= 15 is 0 Å². The van der Waals surface area contributed by atoms with Gasteiger partial charge in [0.2, 0.25) is 0 Å². The molecule has 6 heteroatoms. The summed E-state index contributed by atoms with van der Waals surface area (Å²) in [5, 5.41) is 2.90. The van der Waals surface area contributed by atoms with Gasteiger partial charge in [-0.2, -0.15) is 0 Å². The molecule has 0 aliphatic carbocycles. The van der Waals surface area contributed by atoms with Gasteiger partial charge in [0, 0.05) is 19.4 Å². The Balaban J connectivity index is 1.63. The summed E-state index contributed by atoms with van der Waals surface area (Å²) in [5.41, 5.74) is 0.999. The number of hydrogen-bond donors (Lipinski definition) is 2. The molecule has 0 bridgehead atoms. The number of carbonyl (C=O) groups is 2. The van der Waals surface area contributed by atoms with Crippen molar-refractivity contribution in [2.75, 3.05) is 32.8 Å². The standard InChI is InChI=1S/C18H25FN2O3/c1-2-24-18(23)15-8-11-21(12-9-15)13-17(22)20-10-7-14-3-5-16(19)6-4-14/h3-6,15H,2,7-13H2,1H3,(H,20,22)/p+1. The minimum absolute atomic E-state index is 0.0155. The fourth-order valence-corrected chi connectivity index (χ4v) is 2.99. The van der Waals surface area contributed by atoms with E-state index in [0.29, 0.717) is 26.1 Å². The first-order chi connectivity index (χ1) is 11.6. The minimum Gasteiger partial charge on any atom is -0.466 e. The van der Waals surface area contributed by atoms with Crippen LogP contribution in [0.3, 0.4) is 0 Å². The molecule has 132 valence electrons. The lowest BCUT2D eigenvalue weighted by atomic mass is 9.97. The molecule has 1 amide bonds. The summed E-state index contributed by atoms with van der Waals surface area (Å²) in [4.78, 5) is 24.9. The number of esters is 1. The van der Waals surface area contributed by atoms with Gasteiger partial charge >= 0.3 is 5.97 Å². The molecule has 1 fully saturated rings. The Bertz CT molecular complexity index is 540. The molecule has 1 aromatic carbocycles. The van der Waals surface area contributed by atoms with Gasteiger partial charge < -0.3 is 15.0 Å². The molecule has 0 atom stereocenters. The Morgan fingerprint density at radius 3 is 2.54 bits per heavy atom. The number of likely N-dealkylation sites (tertiary alicyclic amines) is 1. The molecule has 1 aromatic rings. The third kappa shape index (κ3) is 5.92. The first-order valence-electron chi connectivity index (χ1n) is 8.59. The smallest absolute Gasteiger partial charge is 0.309 e. The largest absolute Gasteiger partial charge is 0.466 e. The van der Waals surface area contributed by atoms with Crippen LogP contribution in [0.15, 0.2) is 24.3 Å². The number of carbonyl (C=O) groups excluding carboxylic acids is 2. The number of amides is 1. The van der Waals surface area contributed by atoms with E-state index < -0.39 is 0 Å². The zero-order chi connectivity index (χ0) is 17.4. The van der Waals surface area contributed by atoms with Crippen molar-refractivity contribution in [3.8, 4) is 0 Å². The van der Waals surface area contributed by atoms with Gasteiger partial charge in [-0.3, -0.25) is 9.59 Å². The van der Waals surface area contributed by atoms with Gasteiger partial charge in [-0.15, -0.1) is 0 Å².